The van der Waals surface area contributed by atoms with Crippen LogP contribution in [-0.4, -0.2) is 24.7 Å². The minimum absolute atomic E-state index is 0.671. The van der Waals surface area contributed by atoms with Crippen molar-refractivity contribution in [3.05, 3.63) is 35.9 Å². The van der Waals surface area contributed by atoms with Crippen molar-refractivity contribution in [2.45, 2.75) is 38.4 Å². The molecule has 102 valence electrons. The molecule has 0 saturated carbocycles. The number of aryl methyl sites for hydroxylation is 1. The molecule has 0 bridgehead atoms. The lowest BCUT2D eigenvalue weighted by atomic mass is 10.1. The van der Waals surface area contributed by atoms with E-state index >= 15 is 0 Å². The summed E-state index contributed by atoms with van der Waals surface area (Å²) in [6.07, 6.45) is 3.71. The zero-order valence-electron chi connectivity index (χ0n) is 11.9. The second kappa shape index (κ2) is 9.46. The van der Waals surface area contributed by atoms with Gasteiger partial charge in [0.05, 0.1) is 0 Å². The summed E-state index contributed by atoms with van der Waals surface area (Å²) in [7, 11) is 1.79. The Balaban J connectivity index is 2.23. The molecule has 0 aliphatic heterocycles. The summed E-state index contributed by atoms with van der Waals surface area (Å²) in [5.74, 6) is 1.89. The molecule has 0 aliphatic carbocycles. The normalized spacial score (nSPS) is 14.4. The second-order valence-electron chi connectivity index (χ2n) is 4.93. The maximum atomic E-state index is 5.21. The van der Waals surface area contributed by atoms with Crippen molar-refractivity contribution in [1.29, 1.82) is 0 Å². The SMILES string of the molecule is CCC(CC(C)COC)SCCc1ccccc1. The minimum atomic E-state index is 0.671. The van der Waals surface area contributed by atoms with Gasteiger partial charge < -0.3 is 4.74 Å². The zero-order chi connectivity index (χ0) is 13.2. The van der Waals surface area contributed by atoms with Crippen LogP contribution in [0, 0.1) is 5.92 Å². The van der Waals surface area contributed by atoms with Gasteiger partial charge in [0.2, 0.25) is 0 Å². The Morgan fingerprint density at radius 1 is 1.22 bits per heavy atom. The summed E-state index contributed by atoms with van der Waals surface area (Å²) in [5.41, 5.74) is 1.45. The topological polar surface area (TPSA) is 9.23 Å². The molecule has 0 N–H and O–H groups in total. The second-order valence-corrected chi connectivity index (χ2v) is 6.34. The average Bonchev–Trinajstić information content (AvgIpc) is 2.39. The minimum Gasteiger partial charge on any atom is -0.384 e. The van der Waals surface area contributed by atoms with E-state index in [1.54, 1.807) is 7.11 Å². The lowest BCUT2D eigenvalue weighted by molar-refractivity contribution is 0.155. The van der Waals surface area contributed by atoms with Crippen molar-refractivity contribution in [3.63, 3.8) is 0 Å². The standard InChI is InChI=1S/C16H26OS/c1-4-16(12-14(2)13-17-3)18-11-10-15-8-6-5-7-9-15/h5-9,14,16H,4,10-13H2,1-3H3. The molecule has 0 spiro atoms. The first kappa shape index (κ1) is 15.6. The van der Waals surface area contributed by atoms with Crippen molar-refractivity contribution in [1.82, 2.24) is 0 Å². The molecule has 2 atom stereocenters. The van der Waals surface area contributed by atoms with E-state index in [1.165, 1.54) is 30.6 Å². The van der Waals surface area contributed by atoms with Gasteiger partial charge in [-0.15, -0.1) is 0 Å². The summed E-state index contributed by atoms with van der Waals surface area (Å²) < 4.78 is 5.21. The smallest absolute Gasteiger partial charge is 0.0488 e. The summed E-state index contributed by atoms with van der Waals surface area (Å²) in [4.78, 5) is 0. The summed E-state index contributed by atoms with van der Waals surface area (Å²) >= 11 is 2.12. The quantitative estimate of drug-likeness (QED) is 0.654. The van der Waals surface area contributed by atoms with Crippen molar-refractivity contribution in [2.24, 2.45) is 5.92 Å². The average molecular weight is 266 g/mol. The largest absolute Gasteiger partial charge is 0.384 e. The van der Waals surface area contributed by atoms with E-state index in [4.69, 9.17) is 4.74 Å². The fraction of sp³-hybridized carbons (Fsp3) is 0.625. The number of benzene rings is 1. The van der Waals surface area contributed by atoms with Gasteiger partial charge in [0.1, 0.15) is 0 Å². The Morgan fingerprint density at radius 3 is 2.56 bits per heavy atom. The van der Waals surface area contributed by atoms with E-state index in [-0.39, 0.29) is 0 Å². The molecule has 1 nitrogen and oxygen atoms in total. The highest BCUT2D eigenvalue weighted by Crippen LogP contribution is 2.23. The third-order valence-electron chi connectivity index (χ3n) is 3.16. The van der Waals surface area contributed by atoms with Crippen LogP contribution in [0.1, 0.15) is 32.3 Å². The van der Waals surface area contributed by atoms with E-state index < -0.39 is 0 Å². The molecule has 2 unspecified atom stereocenters. The molecule has 0 radical (unpaired) electrons. The molecule has 1 aromatic carbocycles. The van der Waals surface area contributed by atoms with Gasteiger partial charge in [0, 0.05) is 19.0 Å². The lowest BCUT2D eigenvalue weighted by Gasteiger charge is -2.18. The molecule has 18 heavy (non-hydrogen) atoms. The summed E-state index contributed by atoms with van der Waals surface area (Å²) in [6.45, 7) is 5.46. The van der Waals surface area contributed by atoms with Gasteiger partial charge in [-0.05, 0) is 36.5 Å². The van der Waals surface area contributed by atoms with E-state index in [0.717, 1.165) is 11.9 Å². The molecule has 0 fully saturated rings. The van der Waals surface area contributed by atoms with Crippen LogP contribution >= 0.6 is 11.8 Å². The van der Waals surface area contributed by atoms with Gasteiger partial charge in [-0.3, -0.25) is 0 Å². The van der Waals surface area contributed by atoms with Crippen LogP contribution in [0.4, 0.5) is 0 Å². The molecular weight excluding hydrogens is 240 g/mol. The highest BCUT2D eigenvalue weighted by molar-refractivity contribution is 7.99. The first-order valence-corrected chi connectivity index (χ1v) is 7.95. The molecule has 0 amide bonds. The zero-order valence-corrected chi connectivity index (χ0v) is 12.7. The fourth-order valence-corrected chi connectivity index (χ4v) is 3.53. The van der Waals surface area contributed by atoms with Gasteiger partial charge in [-0.1, -0.05) is 44.2 Å². The van der Waals surface area contributed by atoms with Crippen molar-refractivity contribution in [3.8, 4) is 0 Å². The molecule has 1 rings (SSSR count). The van der Waals surface area contributed by atoms with Gasteiger partial charge >= 0.3 is 0 Å². The van der Waals surface area contributed by atoms with Crippen LogP contribution in [0.15, 0.2) is 30.3 Å². The maximum absolute atomic E-state index is 5.21. The Bertz CT molecular complexity index is 299. The van der Waals surface area contributed by atoms with Crippen LogP contribution in [0.25, 0.3) is 0 Å². The Morgan fingerprint density at radius 2 is 1.94 bits per heavy atom. The lowest BCUT2D eigenvalue weighted by Crippen LogP contribution is -2.12. The van der Waals surface area contributed by atoms with E-state index in [0.29, 0.717) is 5.92 Å². The van der Waals surface area contributed by atoms with Gasteiger partial charge in [-0.25, -0.2) is 0 Å². The van der Waals surface area contributed by atoms with Crippen LogP contribution in [0.2, 0.25) is 0 Å². The monoisotopic (exact) mass is 266 g/mol. The predicted octanol–water partition coefficient (Wildman–Crippen LogP) is 4.41. The Labute approximate surface area is 116 Å². The highest BCUT2D eigenvalue weighted by atomic mass is 32.2. The Kier molecular flexibility index (Phi) is 8.19. The molecule has 2 heteroatoms. The van der Waals surface area contributed by atoms with Gasteiger partial charge in [-0.2, -0.15) is 11.8 Å². The third-order valence-corrected chi connectivity index (χ3v) is 4.60. The number of hydrogen-bond acceptors (Lipinski definition) is 2. The van der Waals surface area contributed by atoms with Gasteiger partial charge in [0.15, 0.2) is 0 Å². The van der Waals surface area contributed by atoms with Gasteiger partial charge in [0.25, 0.3) is 0 Å². The Hall–Kier alpha value is -0.470. The van der Waals surface area contributed by atoms with Crippen LogP contribution in [-0.2, 0) is 11.2 Å². The van der Waals surface area contributed by atoms with E-state index in [1.807, 2.05) is 0 Å². The number of thioether (sulfide) groups is 1. The fourth-order valence-electron chi connectivity index (χ4n) is 2.14. The van der Waals surface area contributed by atoms with Crippen molar-refractivity contribution in [2.75, 3.05) is 19.5 Å². The predicted molar refractivity (Wildman–Crippen MR) is 82.3 cm³/mol. The third kappa shape index (κ3) is 6.46. The molecule has 1 aromatic rings. The molecule has 0 aromatic heterocycles. The molecule has 0 aliphatic rings. The number of methoxy groups -OCH3 is 1. The molecule has 0 heterocycles. The number of hydrogen-bond donors (Lipinski definition) is 0. The van der Waals surface area contributed by atoms with Crippen LogP contribution in [0.5, 0.6) is 0 Å². The molecule has 0 saturated heterocycles. The first-order valence-electron chi connectivity index (χ1n) is 6.90. The summed E-state index contributed by atoms with van der Waals surface area (Å²) in [6, 6.07) is 10.8. The summed E-state index contributed by atoms with van der Waals surface area (Å²) in [5, 5.41) is 0.777. The highest BCUT2D eigenvalue weighted by Gasteiger charge is 2.11. The van der Waals surface area contributed by atoms with Crippen molar-refractivity contribution >= 4 is 11.8 Å². The van der Waals surface area contributed by atoms with Crippen molar-refractivity contribution < 1.29 is 4.74 Å². The van der Waals surface area contributed by atoms with E-state index in [2.05, 4.69) is 55.9 Å². The number of ether oxygens (including phenoxy) is 1. The van der Waals surface area contributed by atoms with E-state index in [9.17, 15) is 0 Å². The number of rotatable bonds is 9. The molecular formula is C16H26OS. The van der Waals surface area contributed by atoms with Crippen LogP contribution in [0.3, 0.4) is 0 Å². The van der Waals surface area contributed by atoms with Crippen LogP contribution < -0.4 is 0 Å². The first-order chi connectivity index (χ1) is 8.76. The maximum Gasteiger partial charge on any atom is 0.0488 e.